The Morgan fingerprint density at radius 3 is 2.44 bits per heavy atom. The zero-order valence-electron chi connectivity index (χ0n) is 14.0. The zero-order chi connectivity index (χ0) is 18.3. The highest BCUT2D eigenvalue weighted by Crippen LogP contribution is 2.19. The predicted octanol–water partition coefficient (Wildman–Crippen LogP) is 1.87. The van der Waals surface area contributed by atoms with E-state index in [-0.39, 0.29) is 10.8 Å². The average molecular weight is 364 g/mol. The minimum atomic E-state index is -3.76. The smallest absolute Gasteiger partial charge is 0.261 e. The first-order valence-corrected chi connectivity index (χ1v) is 8.98. The minimum absolute atomic E-state index is 0.100. The summed E-state index contributed by atoms with van der Waals surface area (Å²) in [6, 6.07) is 12.3. The summed E-state index contributed by atoms with van der Waals surface area (Å²) in [5.74, 6) is 0.260. The van der Waals surface area contributed by atoms with Crippen molar-refractivity contribution in [3.8, 4) is 5.75 Å². The van der Waals surface area contributed by atoms with Gasteiger partial charge in [-0.05, 0) is 42.5 Å². The maximum absolute atomic E-state index is 12.4. The number of carbonyl (C=O) groups is 1. The number of rotatable bonds is 8. The third-order valence-electron chi connectivity index (χ3n) is 3.34. The predicted molar refractivity (Wildman–Crippen MR) is 94.5 cm³/mol. The molecule has 25 heavy (non-hydrogen) atoms. The number of ether oxygens (including phenoxy) is 2. The maximum Gasteiger partial charge on any atom is 0.261 e. The van der Waals surface area contributed by atoms with Crippen LogP contribution in [0.3, 0.4) is 0 Å². The number of methoxy groups -OCH3 is 2. The second-order valence-electron chi connectivity index (χ2n) is 5.11. The summed E-state index contributed by atoms with van der Waals surface area (Å²) < 4.78 is 37.2. The summed E-state index contributed by atoms with van der Waals surface area (Å²) >= 11 is 0. The van der Waals surface area contributed by atoms with E-state index in [1.54, 1.807) is 37.4 Å². The van der Waals surface area contributed by atoms with Crippen molar-refractivity contribution in [2.75, 3.05) is 32.1 Å². The molecule has 0 atom stereocenters. The fourth-order valence-corrected chi connectivity index (χ4v) is 3.11. The van der Waals surface area contributed by atoms with E-state index in [9.17, 15) is 13.2 Å². The molecule has 2 N–H and O–H groups in total. The normalized spacial score (nSPS) is 11.0. The van der Waals surface area contributed by atoms with Crippen molar-refractivity contribution in [1.82, 2.24) is 5.32 Å². The summed E-state index contributed by atoms with van der Waals surface area (Å²) in [5.41, 5.74) is 0.654. The Morgan fingerprint density at radius 1 is 1.08 bits per heavy atom. The average Bonchev–Trinajstić information content (AvgIpc) is 2.61. The van der Waals surface area contributed by atoms with E-state index in [0.29, 0.717) is 30.2 Å². The lowest BCUT2D eigenvalue weighted by atomic mass is 10.2. The van der Waals surface area contributed by atoms with Crippen molar-refractivity contribution < 1.29 is 22.7 Å². The van der Waals surface area contributed by atoms with Gasteiger partial charge in [0.1, 0.15) is 5.75 Å². The first-order chi connectivity index (χ1) is 12.0. The molecule has 0 heterocycles. The highest BCUT2D eigenvalue weighted by atomic mass is 32.2. The second-order valence-corrected chi connectivity index (χ2v) is 6.79. The van der Waals surface area contributed by atoms with Crippen LogP contribution in [0.1, 0.15) is 10.4 Å². The van der Waals surface area contributed by atoms with Crippen LogP contribution in [-0.4, -0.2) is 41.7 Å². The first-order valence-electron chi connectivity index (χ1n) is 7.50. The van der Waals surface area contributed by atoms with Crippen molar-refractivity contribution >= 4 is 21.6 Å². The lowest BCUT2D eigenvalue weighted by molar-refractivity contribution is 0.0937. The number of anilines is 1. The van der Waals surface area contributed by atoms with Crippen LogP contribution in [0.25, 0.3) is 0 Å². The highest BCUT2D eigenvalue weighted by molar-refractivity contribution is 7.92. The molecule has 7 nitrogen and oxygen atoms in total. The fourth-order valence-electron chi connectivity index (χ4n) is 2.06. The van der Waals surface area contributed by atoms with E-state index >= 15 is 0 Å². The molecule has 0 aliphatic carbocycles. The van der Waals surface area contributed by atoms with E-state index in [4.69, 9.17) is 9.47 Å². The van der Waals surface area contributed by atoms with Crippen LogP contribution in [-0.2, 0) is 14.8 Å². The van der Waals surface area contributed by atoms with Gasteiger partial charge in [-0.25, -0.2) is 8.42 Å². The van der Waals surface area contributed by atoms with Gasteiger partial charge in [0, 0.05) is 24.9 Å². The Labute approximate surface area is 147 Å². The van der Waals surface area contributed by atoms with E-state index in [0.717, 1.165) is 0 Å². The third kappa shape index (κ3) is 5.20. The second kappa shape index (κ2) is 8.50. The quantitative estimate of drug-likeness (QED) is 0.698. The summed E-state index contributed by atoms with van der Waals surface area (Å²) in [6.07, 6.45) is 0. The molecule has 0 unspecified atom stereocenters. The Morgan fingerprint density at radius 2 is 1.80 bits per heavy atom. The lowest BCUT2D eigenvalue weighted by Gasteiger charge is -2.10. The van der Waals surface area contributed by atoms with Gasteiger partial charge in [0.15, 0.2) is 0 Å². The van der Waals surface area contributed by atoms with Gasteiger partial charge in [-0.2, -0.15) is 0 Å². The van der Waals surface area contributed by atoms with Gasteiger partial charge in [-0.1, -0.05) is 6.07 Å². The molecule has 2 rings (SSSR count). The van der Waals surface area contributed by atoms with Gasteiger partial charge in [0.2, 0.25) is 0 Å². The topological polar surface area (TPSA) is 93.7 Å². The molecule has 0 aromatic heterocycles. The Kier molecular flexibility index (Phi) is 6.37. The van der Waals surface area contributed by atoms with Crippen LogP contribution in [0.4, 0.5) is 5.69 Å². The van der Waals surface area contributed by atoms with Gasteiger partial charge < -0.3 is 14.8 Å². The van der Waals surface area contributed by atoms with Gasteiger partial charge in [0.25, 0.3) is 15.9 Å². The van der Waals surface area contributed by atoms with Crippen LogP contribution < -0.4 is 14.8 Å². The molecule has 0 fully saturated rings. The van der Waals surface area contributed by atoms with Crippen LogP contribution in [0.5, 0.6) is 5.75 Å². The summed E-state index contributed by atoms with van der Waals surface area (Å²) in [5, 5.41) is 2.68. The number of hydrogen-bond donors (Lipinski definition) is 2. The van der Waals surface area contributed by atoms with Gasteiger partial charge >= 0.3 is 0 Å². The maximum atomic E-state index is 12.4. The van der Waals surface area contributed by atoms with Crippen molar-refractivity contribution in [2.24, 2.45) is 0 Å². The van der Waals surface area contributed by atoms with Crippen LogP contribution in [0.15, 0.2) is 53.4 Å². The Balaban J connectivity index is 2.13. The number of nitrogens with one attached hydrogen (secondary N) is 2. The standard InChI is InChI=1S/C17H20N2O5S/c1-23-11-10-18-17(20)13-4-3-5-14(12-13)19-25(21,22)16-8-6-15(24-2)7-9-16/h3-9,12,19H,10-11H2,1-2H3,(H,18,20). The fraction of sp³-hybridized carbons (Fsp3) is 0.235. The Bertz CT molecular complexity index is 819. The number of carbonyl (C=O) groups excluding carboxylic acids is 1. The van der Waals surface area contributed by atoms with Crippen molar-refractivity contribution in [1.29, 1.82) is 0 Å². The Hall–Kier alpha value is -2.58. The minimum Gasteiger partial charge on any atom is -0.497 e. The van der Waals surface area contributed by atoms with E-state index in [1.165, 1.54) is 25.3 Å². The van der Waals surface area contributed by atoms with Gasteiger partial charge in [0.05, 0.1) is 18.6 Å². The van der Waals surface area contributed by atoms with Crippen LogP contribution in [0.2, 0.25) is 0 Å². The van der Waals surface area contributed by atoms with Gasteiger partial charge in [-0.15, -0.1) is 0 Å². The van der Waals surface area contributed by atoms with Crippen LogP contribution in [0, 0.1) is 0 Å². The number of sulfonamides is 1. The number of benzene rings is 2. The molecular formula is C17H20N2O5S. The van der Waals surface area contributed by atoms with E-state index < -0.39 is 10.0 Å². The number of amides is 1. The molecule has 2 aromatic rings. The molecular weight excluding hydrogens is 344 g/mol. The van der Waals surface area contributed by atoms with Crippen molar-refractivity contribution in [3.63, 3.8) is 0 Å². The summed E-state index contributed by atoms with van der Waals surface area (Å²) in [6.45, 7) is 0.771. The van der Waals surface area contributed by atoms with E-state index in [2.05, 4.69) is 10.0 Å². The molecule has 0 aliphatic heterocycles. The SMILES string of the molecule is COCCNC(=O)c1cccc(NS(=O)(=O)c2ccc(OC)cc2)c1. The summed E-state index contributed by atoms with van der Waals surface area (Å²) in [4.78, 5) is 12.1. The van der Waals surface area contributed by atoms with Crippen molar-refractivity contribution in [2.45, 2.75) is 4.90 Å². The molecule has 134 valence electrons. The molecule has 2 aromatic carbocycles. The lowest BCUT2D eigenvalue weighted by Crippen LogP contribution is -2.27. The zero-order valence-corrected chi connectivity index (χ0v) is 14.8. The molecule has 0 spiro atoms. The largest absolute Gasteiger partial charge is 0.497 e. The molecule has 8 heteroatoms. The van der Waals surface area contributed by atoms with Gasteiger partial charge in [-0.3, -0.25) is 9.52 Å². The number of hydrogen-bond acceptors (Lipinski definition) is 5. The first kappa shape index (κ1) is 18.8. The molecule has 1 amide bonds. The van der Waals surface area contributed by atoms with Crippen LogP contribution >= 0.6 is 0 Å². The molecule has 0 aliphatic rings. The molecule has 0 saturated carbocycles. The van der Waals surface area contributed by atoms with Crippen molar-refractivity contribution in [3.05, 3.63) is 54.1 Å². The molecule has 0 saturated heterocycles. The molecule has 0 bridgehead atoms. The molecule has 0 radical (unpaired) electrons. The highest BCUT2D eigenvalue weighted by Gasteiger charge is 2.15. The van der Waals surface area contributed by atoms with E-state index in [1.807, 2.05) is 0 Å². The third-order valence-corrected chi connectivity index (χ3v) is 4.74. The monoisotopic (exact) mass is 364 g/mol. The summed E-state index contributed by atoms with van der Waals surface area (Å²) in [7, 11) is -0.712.